The third-order valence-corrected chi connectivity index (χ3v) is 5.23. The van der Waals surface area contributed by atoms with Crippen molar-refractivity contribution < 1.29 is 9.47 Å². The van der Waals surface area contributed by atoms with E-state index in [2.05, 4.69) is 25.9 Å². The molecule has 2 aliphatic rings. The summed E-state index contributed by atoms with van der Waals surface area (Å²) in [4.78, 5) is 20.0. The molecule has 10 heteroatoms. The van der Waals surface area contributed by atoms with Crippen molar-refractivity contribution in [3.8, 4) is 6.01 Å². The van der Waals surface area contributed by atoms with Gasteiger partial charge < -0.3 is 20.1 Å². The van der Waals surface area contributed by atoms with E-state index < -0.39 is 0 Å². The van der Waals surface area contributed by atoms with Crippen LogP contribution < -0.4 is 15.4 Å². The fourth-order valence-electron chi connectivity index (χ4n) is 3.67. The first kappa shape index (κ1) is 23.5. The van der Waals surface area contributed by atoms with Crippen molar-refractivity contribution in [2.75, 3.05) is 25.1 Å². The summed E-state index contributed by atoms with van der Waals surface area (Å²) in [5.41, 5.74) is 7.05. The Morgan fingerprint density at radius 3 is 2.41 bits per heavy atom. The third kappa shape index (κ3) is 5.88. The highest BCUT2D eigenvalue weighted by molar-refractivity contribution is 5.85. The molecule has 2 aromatic heterocycles. The lowest BCUT2D eigenvalue weighted by Gasteiger charge is -2.35. The first-order chi connectivity index (χ1) is 13.2. The molecule has 1 saturated heterocycles. The number of rotatable bonds is 6. The Morgan fingerprint density at radius 2 is 1.79 bits per heavy atom. The maximum absolute atomic E-state index is 5.96. The van der Waals surface area contributed by atoms with E-state index in [9.17, 15) is 0 Å². The number of ether oxygens (including phenoxy) is 2. The fourth-order valence-corrected chi connectivity index (χ4v) is 3.67. The van der Waals surface area contributed by atoms with E-state index in [4.69, 9.17) is 20.2 Å². The van der Waals surface area contributed by atoms with Gasteiger partial charge in [0.1, 0.15) is 18.5 Å². The predicted molar refractivity (Wildman–Crippen MR) is 115 cm³/mol. The van der Waals surface area contributed by atoms with Gasteiger partial charge in [0.05, 0.1) is 0 Å². The smallest absolute Gasteiger partial charge is 0.316 e. The summed E-state index contributed by atoms with van der Waals surface area (Å²) >= 11 is 0. The van der Waals surface area contributed by atoms with Gasteiger partial charge in [0, 0.05) is 69.2 Å². The Balaban J connectivity index is 0.00000150. The summed E-state index contributed by atoms with van der Waals surface area (Å²) in [6.07, 6.45) is 7.34. The number of hydrogen-bond donors (Lipinski definition) is 1. The van der Waals surface area contributed by atoms with Crippen molar-refractivity contribution in [1.82, 2.24) is 19.9 Å². The minimum absolute atomic E-state index is 0. The normalized spacial score (nSPS) is 21.5. The Labute approximate surface area is 183 Å². The standard InChI is InChI=1S/C19H26N6O2.2ClH/c1-26-12-17-23-16(13-9-14(20)10-13)11-18(24-17)25-7-3-15(4-8-25)27-19-21-5-2-6-22-19;;/h2,5-6,11,13-15H,3-4,7-10,12,20H2,1H3;2*1H. The maximum atomic E-state index is 5.96. The largest absolute Gasteiger partial charge is 0.460 e. The second-order valence-corrected chi connectivity index (χ2v) is 7.26. The van der Waals surface area contributed by atoms with Crippen LogP contribution in [-0.2, 0) is 11.3 Å². The van der Waals surface area contributed by atoms with Gasteiger partial charge in [-0.2, -0.15) is 0 Å². The second kappa shape index (κ2) is 10.9. The molecule has 4 rings (SSSR count). The molecule has 0 radical (unpaired) electrons. The van der Waals surface area contributed by atoms with Crippen molar-refractivity contribution in [1.29, 1.82) is 0 Å². The zero-order valence-corrected chi connectivity index (χ0v) is 18.1. The van der Waals surface area contributed by atoms with Crippen LogP contribution in [0, 0.1) is 0 Å². The molecular formula is C19H28Cl2N6O2. The molecule has 2 fully saturated rings. The lowest BCUT2D eigenvalue weighted by Crippen LogP contribution is -2.39. The molecule has 0 bridgehead atoms. The minimum atomic E-state index is 0. The maximum Gasteiger partial charge on any atom is 0.316 e. The fraction of sp³-hybridized carbons (Fsp3) is 0.579. The van der Waals surface area contributed by atoms with Crippen LogP contribution in [0.15, 0.2) is 24.5 Å². The molecule has 2 aromatic rings. The van der Waals surface area contributed by atoms with Crippen molar-refractivity contribution in [3.63, 3.8) is 0 Å². The highest BCUT2D eigenvalue weighted by Gasteiger charge is 2.30. The van der Waals surface area contributed by atoms with Crippen LogP contribution in [0.5, 0.6) is 6.01 Å². The van der Waals surface area contributed by atoms with Gasteiger partial charge in [-0.1, -0.05) is 0 Å². The summed E-state index contributed by atoms with van der Waals surface area (Å²) in [5.74, 6) is 2.15. The van der Waals surface area contributed by atoms with Gasteiger partial charge in [0.25, 0.3) is 0 Å². The van der Waals surface area contributed by atoms with Crippen LogP contribution in [0.3, 0.4) is 0 Å². The SMILES string of the molecule is COCc1nc(C2CC(N)C2)cc(N2CCC(Oc3ncccn3)CC2)n1.Cl.Cl. The number of nitrogens with zero attached hydrogens (tertiary/aromatic N) is 5. The molecule has 1 saturated carbocycles. The molecule has 0 atom stereocenters. The molecule has 0 aromatic carbocycles. The molecule has 160 valence electrons. The highest BCUT2D eigenvalue weighted by Crippen LogP contribution is 2.36. The van der Waals surface area contributed by atoms with Gasteiger partial charge in [-0.15, -0.1) is 24.8 Å². The van der Waals surface area contributed by atoms with Gasteiger partial charge in [-0.05, 0) is 18.9 Å². The number of piperidine rings is 1. The Bertz CT molecular complexity index is 756. The van der Waals surface area contributed by atoms with Crippen LogP contribution in [-0.4, -0.2) is 52.3 Å². The van der Waals surface area contributed by atoms with Crippen LogP contribution in [0.25, 0.3) is 0 Å². The van der Waals surface area contributed by atoms with Crippen LogP contribution >= 0.6 is 24.8 Å². The van der Waals surface area contributed by atoms with Gasteiger partial charge in [0.2, 0.25) is 0 Å². The van der Waals surface area contributed by atoms with Gasteiger partial charge in [-0.3, -0.25) is 0 Å². The molecule has 8 nitrogen and oxygen atoms in total. The zero-order valence-electron chi connectivity index (χ0n) is 16.4. The summed E-state index contributed by atoms with van der Waals surface area (Å²) in [6.45, 7) is 2.18. The van der Waals surface area contributed by atoms with Crippen molar-refractivity contribution >= 4 is 30.6 Å². The summed E-state index contributed by atoms with van der Waals surface area (Å²) in [7, 11) is 1.67. The Hall–Kier alpha value is -1.74. The van der Waals surface area contributed by atoms with Gasteiger partial charge in [-0.25, -0.2) is 19.9 Å². The number of hydrogen-bond acceptors (Lipinski definition) is 8. The average molecular weight is 443 g/mol. The van der Waals surface area contributed by atoms with Crippen molar-refractivity contribution in [3.05, 3.63) is 36.0 Å². The van der Waals surface area contributed by atoms with E-state index in [0.717, 1.165) is 56.1 Å². The molecular weight excluding hydrogens is 415 g/mol. The van der Waals surface area contributed by atoms with E-state index in [1.165, 1.54) is 0 Å². The first-order valence-corrected chi connectivity index (χ1v) is 9.52. The lowest BCUT2D eigenvalue weighted by atomic mass is 9.78. The highest BCUT2D eigenvalue weighted by atomic mass is 35.5. The second-order valence-electron chi connectivity index (χ2n) is 7.26. The van der Waals surface area contributed by atoms with E-state index >= 15 is 0 Å². The van der Waals surface area contributed by atoms with Crippen molar-refractivity contribution in [2.45, 2.75) is 50.4 Å². The van der Waals surface area contributed by atoms with Crippen LogP contribution in [0.1, 0.15) is 43.1 Å². The predicted octanol–water partition coefficient (Wildman–Crippen LogP) is 2.51. The molecule has 2 N–H and O–H groups in total. The summed E-state index contributed by atoms with van der Waals surface area (Å²) < 4.78 is 11.1. The number of nitrogens with two attached hydrogens (primary N) is 1. The van der Waals surface area contributed by atoms with E-state index in [0.29, 0.717) is 24.6 Å². The van der Waals surface area contributed by atoms with Gasteiger partial charge >= 0.3 is 6.01 Å². The average Bonchev–Trinajstić information content (AvgIpc) is 2.67. The number of anilines is 1. The summed E-state index contributed by atoms with van der Waals surface area (Å²) in [5, 5.41) is 0. The quantitative estimate of drug-likeness (QED) is 0.727. The molecule has 0 spiro atoms. The topological polar surface area (TPSA) is 99.3 Å². The van der Waals surface area contributed by atoms with Crippen molar-refractivity contribution in [2.24, 2.45) is 5.73 Å². The van der Waals surface area contributed by atoms with Gasteiger partial charge in [0.15, 0.2) is 5.82 Å². The molecule has 0 amide bonds. The zero-order chi connectivity index (χ0) is 18.6. The Kier molecular flexibility index (Phi) is 8.82. The molecule has 1 aliphatic heterocycles. The molecule has 3 heterocycles. The van der Waals surface area contributed by atoms with E-state index in [1.54, 1.807) is 25.6 Å². The van der Waals surface area contributed by atoms with E-state index in [1.807, 2.05) is 0 Å². The van der Waals surface area contributed by atoms with E-state index in [-0.39, 0.29) is 30.9 Å². The minimum Gasteiger partial charge on any atom is -0.460 e. The van der Waals surface area contributed by atoms with Crippen LogP contribution in [0.2, 0.25) is 0 Å². The number of halogens is 2. The molecule has 0 unspecified atom stereocenters. The lowest BCUT2D eigenvalue weighted by molar-refractivity contribution is 0.156. The monoisotopic (exact) mass is 442 g/mol. The molecule has 1 aliphatic carbocycles. The summed E-state index contributed by atoms with van der Waals surface area (Å²) in [6, 6.07) is 4.66. The molecule has 29 heavy (non-hydrogen) atoms. The Morgan fingerprint density at radius 1 is 1.10 bits per heavy atom. The third-order valence-electron chi connectivity index (χ3n) is 5.23. The number of aromatic nitrogens is 4. The first-order valence-electron chi connectivity index (χ1n) is 9.52. The number of methoxy groups -OCH3 is 1. The van der Waals surface area contributed by atoms with Crippen LogP contribution in [0.4, 0.5) is 5.82 Å².